The molecule has 1 aromatic heterocycles. The first-order valence-corrected chi connectivity index (χ1v) is 6.35. The molecule has 4 heteroatoms. The molecule has 1 aromatic carbocycles. The van der Waals surface area contributed by atoms with E-state index in [-0.39, 0.29) is 0 Å². The Balaban J connectivity index is 1.82. The summed E-state index contributed by atoms with van der Waals surface area (Å²) < 4.78 is 5.53. The topological polar surface area (TPSA) is 35.0 Å². The van der Waals surface area contributed by atoms with Crippen LogP contribution in [0.3, 0.4) is 0 Å². The first-order chi connectivity index (χ1) is 8.78. The van der Waals surface area contributed by atoms with E-state index in [1.165, 1.54) is 5.56 Å². The number of benzene rings is 1. The van der Waals surface area contributed by atoms with Gasteiger partial charge in [-0.1, -0.05) is 30.7 Å². The van der Waals surface area contributed by atoms with Crippen LogP contribution in [0.4, 0.5) is 0 Å². The van der Waals surface area contributed by atoms with Gasteiger partial charge in [0.25, 0.3) is 0 Å². The highest BCUT2D eigenvalue weighted by atomic mass is 35.5. The second-order valence-corrected chi connectivity index (χ2v) is 4.38. The Morgan fingerprint density at radius 3 is 2.44 bits per heavy atom. The van der Waals surface area contributed by atoms with Crippen LogP contribution in [0.1, 0.15) is 18.2 Å². The van der Waals surface area contributed by atoms with Crippen LogP contribution in [0.15, 0.2) is 36.4 Å². The zero-order valence-electron chi connectivity index (χ0n) is 10.3. The third-order valence-electron chi connectivity index (χ3n) is 2.61. The maximum atomic E-state index is 5.82. The van der Waals surface area contributed by atoms with E-state index in [1.54, 1.807) is 0 Å². The third kappa shape index (κ3) is 3.70. The molecule has 0 unspecified atom stereocenters. The van der Waals surface area contributed by atoms with E-state index < -0.39 is 0 Å². The average Bonchev–Trinajstić information content (AvgIpc) is 2.42. The SMILES string of the molecule is CCc1ccc(OCCc2ccc(Cl)cc2)nn1. The fourth-order valence-corrected chi connectivity index (χ4v) is 1.66. The van der Waals surface area contributed by atoms with Crippen LogP contribution in [0.25, 0.3) is 0 Å². The Kier molecular flexibility index (Phi) is 4.53. The number of nitrogens with zero attached hydrogens (tertiary/aromatic N) is 2. The van der Waals surface area contributed by atoms with Crippen molar-refractivity contribution in [3.05, 3.63) is 52.7 Å². The maximum absolute atomic E-state index is 5.82. The van der Waals surface area contributed by atoms with Gasteiger partial charge in [-0.05, 0) is 30.2 Å². The Bertz CT molecular complexity index is 482. The molecule has 0 N–H and O–H groups in total. The van der Waals surface area contributed by atoms with E-state index in [1.807, 2.05) is 43.3 Å². The molecule has 0 saturated heterocycles. The molecular formula is C14H15ClN2O. The molecule has 1 heterocycles. The van der Waals surface area contributed by atoms with Gasteiger partial charge in [-0.25, -0.2) is 0 Å². The van der Waals surface area contributed by atoms with Gasteiger partial charge in [0.05, 0.1) is 12.3 Å². The number of halogens is 1. The van der Waals surface area contributed by atoms with Gasteiger partial charge in [-0.15, -0.1) is 5.10 Å². The molecule has 0 aliphatic heterocycles. The van der Waals surface area contributed by atoms with Gasteiger partial charge >= 0.3 is 0 Å². The molecule has 94 valence electrons. The van der Waals surface area contributed by atoms with Crippen LogP contribution in [0.5, 0.6) is 5.88 Å². The summed E-state index contributed by atoms with van der Waals surface area (Å²) in [6.45, 7) is 2.63. The lowest BCUT2D eigenvalue weighted by Gasteiger charge is -2.05. The molecule has 0 radical (unpaired) electrons. The summed E-state index contributed by atoms with van der Waals surface area (Å²) in [6.07, 6.45) is 1.71. The first kappa shape index (κ1) is 12.8. The monoisotopic (exact) mass is 262 g/mol. The molecule has 0 amide bonds. The van der Waals surface area contributed by atoms with Crippen molar-refractivity contribution in [1.29, 1.82) is 0 Å². The summed E-state index contributed by atoms with van der Waals surface area (Å²) in [6, 6.07) is 11.5. The molecule has 3 nitrogen and oxygen atoms in total. The number of hydrogen-bond donors (Lipinski definition) is 0. The normalized spacial score (nSPS) is 10.3. The van der Waals surface area contributed by atoms with E-state index in [4.69, 9.17) is 16.3 Å². The van der Waals surface area contributed by atoms with Gasteiger partial charge in [0.15, 0.2) is 0 Å². The van der Waals surface area contributed by atoms with Crippen molar-refractivity contribution < 1.29 is 4.74 Å². The molecule has 0 aliphatic rings. The predicted octanol–water partition coefficient (Wildman–Crippen LogP) is 3.31. The quantitative estimate of drug-likeness (QED) is 0.829. The summed E-state index contributed by atoms with van der Waals surface area (Å²) in [4.78, 5) is 0. The molecule has 0 spiro atoms. The average molecular weight is 263 g/mol. The summed E-state index contributed by atoms with van der Waals surface area (Å²) >= 11 is 5.82. The number of hydrogen-bond acceptors (Lipinski definition) is 3. The molecule has 2 aromatic rings. The second kappa shape index (κ2) is 6.36. The van der Waals surface area contributed by atoms with Crippen LogP contribution in [0.2, 0.25) is 5.02 Å². The molecule has 18 heavy (non-hydrogen) atoms. The Morgan fingerprint density at radius 2 is 1.83 bits per heavy atom. The van der Waals surface area contributed by atoms with Crippen LogP contribution in [-0.4, -0.2) is 16.8 Å². The molecule has 0 fully saturated rings. The fraction of sp³-hybridized carbons (Fsp3) is 0.286. The van der Waals surface area contributed by atoms with E-state index in [0.29, 0.717) is 12.5 Å². The van der Waals surface area contributed by atoms with Crippen LogP contribution in [-0.2, 0) is 12.8 Å². The first-order valence-electron chi connectivity index (χ1n) is 5.98. The van der Waals surface area contributed by atoms with Gasteiger partial charge in [0.1, 0.15) is 0 Å². The minimum atomic E-state index is 0.571. The highest BCUT2D eigenvalue weighted by Crippen LogP contribution is 2.11. The highest BCUT2D eigenvalue weighted by Gasteiger charge is 1.98. The van der Waals surface area contributed by atoms with Gasteiger partial charge in [0, 0.05) is 17.5 Å². The molecule has 0 aliphatic carbocycles. The highest BCUT2D eigenvalue weighted by molar-refractivity contribution is 6.30. The van der Waals surface area contributed by atoms with Gasteiger partial charge < -0.3 is 4.74 Å². The molecule has 2 rings (SSSR count). The van der Waals surface area contributed by atoms with Crippen molar-refractivity contribution in [2.75, 3.05) is 6.61 Å². The second-order valence-electron chi connectivity index (χ2n) is 3.94. The Hall–Kier alpha value is -1.61. The zero-order valence-corrected chi connectivity index (χ0v) is 11.0. The molecule has 0 bridgehead atoms. The van der Waals surface area contributed by atoms with E-state index >= 15 is 0 Å². The van der Waals surface area contributed by atoms with Crippen molar-refractivity contribution in [3.8, 4) is 5.88 Å². The predicted molar refractivity (Wildman–Crippen MR) is 72.1 cm³/mol. The van der Waals surface area contributed by atoms with Crippen molar-refractivity contribution in [2.45, 2.75) is 19.8 Å². The summed E-state index contributed by atoms with van der Waals surface area (Å²) in [5.74, 6) is 0.571. The molecule has 0 saturated carbocycles. The number of rotatable bonds is 5. The maximum Gasteiger partial charge on any atom is 0.233 e. The fourth-order valence-electron chi connectivity index (χ4n) is 1.54. The lowest BCUT2D eigenvalue weighted by atomic mass is 10.2. The Morgan fingerprint density at radius 1 is 1.06 bits per heavy atom. The number of aromatic nitrogens is 2. The van der Waals surface area contributed by atoms with Gasteiger partial charge in [-0.3, -0.25) is 0 Å². The minimum Gasteiger partial charge on any atom is -0.476 e. The van der Waals surface area contributed by atoms with Gasteiger partial charge in [-0.2, -0.15) is 5.10 Å². The smallest absolute Gasteiger partial charge is 0.233 e. The van der Waals surface area contributed by atoms with E-state index in [2.05, 4.69) is 10.2 Å². The van der Waals surface area contributed by atoms with Crippen molar-refractivity contribution in [2.24, 2.45) is 0 Å². The molecule has 0 atom stereocenters. The standard InChI is InChI=1S/C14H15ClN2O/c1-2-13-7-8-14(17-16-13)18-10-9-11-3-5-12(15)6-4-11/h3-8H,2,9-10H2,1H3. The van der Waals surface area contributed by atoms with Crippen LogP contribution in [0, 0.1) is 0 Å². The zero-order chi connectivity index (χ0) is 12.8. The Labute approximate surface area is 112 Å². The summed E-state index contributed by atoms with van der Waals surface area (Å²) in [7, 11) is 0. The minimum absolute atomic E-state index is 0.571. The largest absolute Gasteiger partial charge is 0.476 e. The number of ether oxygens (including phenoxy) is 1. The van der Waals surface area contributed by atoms with Crippen molar-refractivity contribution in [3.63, 3.8) is 0 Å². The summed E-state index contributed by atoms with van der Waals surface area (Å²) in [5, 5.41) is 8.79. The van der Waals surface area contributed by atoms with Gasteiger partial charge in [0.2, 0.25) is 5.88 Å². The van der Waals surface area contributed by atoms with Crippen LogP contribution >= 0.6 is 11.6 Å². The van der Waals surface area contributed by atoms with E-state index in [9.17, 15) is 0 Å². The third-order valence-corrected chi connectivity index (χ3v) is 2.86. The lowest BCUT2D eigenvalue weighted by Crippen LogP contribution is -2.03. The lowest BCUT2D eigenvalue weighted by molar-refractivity contribution is 0.305. The van der Waals surface area contributed by atoms with E-state index in [0.717, 1.165) is 23.6 Å². The van der Waals surface area contributed by atoms with Crippen LogP contribution < -0.4 is 4.74 Å². The number of aryl methyl sites for hydroxylation is 1. The molecular weight excluding hydrogens is 248 g/mol. The van der Waals surface area contributed by atoms with Crippen molar-refractivity contribution >= 4 is 11.6 Å². The summed E-state index contributed by atoms with van der Waals surface area (Å²) in [5.41, 5.74) is 2.16. The van der Waals surface area contributed by atoms with Crippen molar-refractivity contribution in [1.82, 2.24) is 10.2 Å².